The first kappa shape index (κ1) is 16.1. The minimum Gasteiger partial charge on any atom is -0.480 e. The van der Waals surface area contributed by atoms with Crippen LogP contribution in [0.4, 0.5) is 4.39 Å². The van der Waals surface area contributed by atoms with Crippen LogP contribution >= 0.6 is 15.9 Å². The second kappa shape index (κ2) is 6.99. The lowest BCUT2D eigenvalue weighted by atomic mass is 10.1. The molecular weight excluding hydrogens is 335 g/mol. The normalized spacial score (nSPS) is 11.7. The molecule has 0 saturated heterocycles. The molecule has 1 aromatic carbocycles. The van der Waals surface area contributed by atoms with Crippen molar-refractivity contribution in [1.29, 1.82) is 0 Å². The number of hydrogen-bond acceptors (Lipinski definition) is 3. The lowest BCUT2D eigenvalue weighted by molar-refractivity contribution is -0.139. The maximum atomic E-state index is 13.6. The predicted molar refractivity (Wildman–Crippen MR) is 71.4 cm³/mol. The Labute approximate surface area is 122 Å². The molecule has 0 radical (unpaired) electrons. The van der Waals surface area contributed by atoms with Gasteiger partial charge < -0.3 is 16.2 Å². The molecule has 2 amide bonds. The summed E-state index contributed by atoms with van der Waals surface area (Å²) in [5.41, 5.74) is 4.63. The van der Waals surface area contributed by atoms with Crippen LogP contribution in [0.5, 0.6) is 0 Å². The van der Waals surface area contributed by atoms with Gasteiger partial charge in [0.05, 0.1) is 5.56 Å². The number of amides is 2. The topological polar surface area (TPSA) is 109 Å². The fourth-order valence-corrected chi connectivity index (χ4v) is 2.01. The quantitative estimate of drug-likeness (QED) is 0.714. The summed E-state index contributed by atoms with van der Waals surface area (Å²) in [6, 6.07) is 2.62. The van der Waals surface area contributed by atoms with E-state index in [1.165, 1.54) is 12.1 Å². The molecule has 1 aromatic rings. The lowest BCUT2D eigenvalue weighted by Crippen LogP contribution is -2.41. The van der Waals surface area contributed by atoms with Gasteiger partial charge >= 0.3 is 5.97 Å². The SMILES string of the molecule is NC(=O)CCC(NC(=O)c1c(F)cccc1Br)C(=O)O. The monoisotopic (exact) mass is 346 g/mol. The first-order chi connectivity index (χ1) is 9.32. The first-order valence-corrected chi connectivity index (χ1v) is 6.38. The summed E-state index contributed by atoms with van der Waals surface area (Å²) in [6.07, 6.45) is -0.363. The number of halogens is 2. The summed E-state index contributed by atoms with van der Waals surface area (Å²) >= 11 is 3.01. The molecule has 1 unspecified atom stereocenters. The summed E-state index contributed by atoms with van der Waals surface area (Å²) < 4.78 is 13.8. The summed E-state index contributed by atoms with van der Waals surface area (Å²) in [7, 11) is 0. The van der Waals surface area contributed by atoms with Crippen molar-refractivity contribution in [3.8, 4) is 0 Å². The van der Waals surface area contributed by atoms with Crippen LogP contribution in [0.15, 0.2) is 22.7 Å². The molecule has 0 aliphatic rings. The van der Waals surface area contributed by atoms with Crippen molar-refractivity contribution in [1.82, 2.24) is 5.32 Å². The number of aliphatic carboxylic acids is 1. The largest absolute Gasteiger partial charge is 0.480 e. The van der Waals surface area contributed by atoms with Gasteiger partial charge in [0.2, 0.25) is 5.91 Å². The second-order valence-corrected chi connectivity index (χ2v) is 4.82. The molecule has 0 aromatic heterocycles. The Bertz CT molecular complexity index is 530. The minimum absolute atomic E-state index is 0.164. The predicted octanol–water partition coefficient (Wildman–Crippen LogP) is 1.04. The molecule has 0 saturated carbocycles. The van der Waals surface area contributed by atoms with Gasteiger partial charge in [-0.05, 0) is 34.5 Å². The van der Waals surface area contributed by atoms with E-state index in [2.05, 4.69) is 21.2 Å². The van der Waals surface area contributed by atoms with Crippen LogP contribution in [-0.2, 0) is 9.59 Å². The van der Waals surface area contributed by atoms with Crippen molar-refractivity contribution in [3.05, 3.63) is 34.1 Å². The zero-order valence-electron chi connectivity index (χ0n) is 10.2. The van der Waals surface area contributed by atoms with Crippen LogP contribution in [0.2, 0.25) is 0 Å². The van der Waals surface area contributed by atoms with E-state index in [0.29, 0.717) is 0 Å². The van der Waals surface area contributed by atoms with E-state index < -0.39 is 29.6 Å². The number of carbonyl (C=O) groups is 3. The average molecular weight is 347 g/mol. The Morgan fingerprint density at radius 3 is 2.55 bits per heavy atom. The van der Waals surface area contributed by atoms with Gasteiger partial charge in [-0.2, -0.15) is 0 Å². The third kappa shape index (κ3) is 4.30. The number of hydrogen-bond donors (Lipinski definition) is 3. The van der Waals surface area contributed by atoms with Crippen molar-refractivity contribution in [2.45, 2.75) is 18.9 Å². The minimum atomic E-state index is -1.33. The number of rotatable bonds is 6. The highest BCUT2D eigenvalue weighted by molar-refractivity contribution is 9.10. The lowest BCUT2D eigenvalue weighted by Gasteiger charge is -2.14. The zero-order valence-corrected chi connectivity index (χ0v) is 11.8. The average Bonchev–Trinajstić information content (AvgIpc) is 2.33. The highest BCUT2D eigenvalue weighted by Gasteiger charge is 2.23. The van der Waals surface area contributed by atoms with Crippen LogP contribution in [-0.4, -0.2) is 28.9 Å². The molecule has 108 valence electrons. The van der Waals surface area contributed by atoms with E-state index in [0.717, 1.165) is 6.07 Å². The van der Waals surface area contributed by atoms with Crippen LogP contribution in [0, 0.1) is 5.82 Å². The first-order valence-electron chi connectivity index (χ1n) is 5.59. The molecule has 0 bridgehead atoms. The fourth-order valence-electron chi connectivity index (χ4n) is 1.49. The highest BCUT2D eigenvalue weighted by atomic mass is 79.9. The van der Waals surface area contributed by atoms with Crippen LogP contribution in [0.3, 0.4) is 0 Å². The number of carbonyl (C=O) groups excluding carboxylic acids is 2. The Hall–Kier alpha value is -1.96. The molecule has 1 atom stereocenters. The van der Waals surface area contributed by atoms with Gasteiger partial charge in [-0.15, -0.1) is 0 Å². The van der Waals surface area contributed by atoms with Gasteiger partial charge in [0.15, 0.2) is 0 Å². The molecule has 1 rings (SSSR count). The van der Waals surface area contributed by atoms with E-state index in [1.807, 2.05) is 0 Å². The van der Waals surface area contributed by atoms with Crippen LogP contribution < -0.4 is 11.1 Å². The number of carboxylic acid groups (broad SMARTS) is 1. The second-order valence-electron chi connectivity index (χ2n) is 3.97. The van der Waals surface area contributed by atoms with E-state index >= 15 is 0 Å². The van der Waals surface area contributed by atoms with Crippen molar-refractivity contribution >= 4 is 33.7 Å². The maximum Gasteiger partial charge on any atom is 0.326 e. The summed E-state index contributed by atoms with van der Waals surface area (Å²) in [5.74, 6) is -3.67. The van der Waals surface area contributed by atoms with Crippen LogP contribution in [0.25, 0.3) is 0 Å². The smallest absolute Gasteiger partial charge is 0.326 e. The molecule has 4 N–H and O–H groups in total. The zero-order chi connectivity index (χ0) is 15.3. The van der Waals surface area contributed by atoms with Crippen molar-refractivity contribution in [2.75, 3.05) is 0 Å². The third-order valence-corrected chi connectivity index (χ3v) is 3.13. The molecule has 6 nitrogen and oxygen atoms in total. The van der Waals surface area contributed by atoms with Crippen LogP contribution in [0.1, 0.15) is 23.2 Å². The highest BCUT2D eigenvalue weighted by Crippen LogP contribution is 2.19. The van der Waals surface area contributed by atoms with E-state index in [4.69, 9.17) is 10.8 Å². The summed E-state index contributed by atoms with van der Waals surface area (Å²) in [6.45, 7) is 0. The van der Waals surface area contributed by atoms with Crippen molar-refractivity contribution < 1.29 is 23.9 Å². The molecule has 0 heterocycles. The van der Waals surface area contributed by atoms with Crippen molar-refractivity contribution in [2.24, 2.45) is 5.73 Å². The standard InChI is InChI=1S/C12H12BrFN2O4/c13-6-2-1-3-7(14)10(6)11(18)16-8(12(19)20)4-5-9(15)17/h1-3,8H,4-5H2,(H2,15,17)(H,16,18)(H,19,20). The van der Waals surface area contributed by atoms with E-state index in [1.54, 1.807) is 0 Å². The maximum absolute atomic E-state index is 13.6. The van der Waals surface area contributed by atoms with Gasteiger partial charge in [0.1, 0.15) is 11.9 Å². The van der Waals surface area contributed by atoms with E-state index in [9.17, 15) is 18.8 Å². The fraction of sp³-hybridized carbons (Fsp3) is 0.250. The number of nitrogens with two attached hydrogens (primary N) is 1. The molecule has 0 fully saturated rings. The molecule has 0 aliphatic carbocycles. The van der Waals surface area contributed by atoms with Gasteiger partial charge in [-0.1, -0.05) is 6.07 Å². The van der Waals surface area contributed by atoms with Gasteiger partial charge in [-0.25, -0.2) is 9.18 Å². The third-order valence-electron chi connectivity index (χ3n) is 2.47. The number of nitrogens with one attached hydrogen (secondary N) is 1. The number of benzene rings is 1. The molecular formula is C12H12BrFN2O4. The Morgan fingerprint density at radius 2 is 2.05 bits per heavy atom. The van der Waals surface area contributed by atoms with Gasteiger partial charge in [0, 0.05) is 10.9 Å². The number of primary amides is 1. The molecule has 8 heteroatoms. The summed E-state index contributed by atoms with van der Waals surface area (Å²) in [5, 5.41) is 11.1. The Balaban J connectivity index is 2.86. The van der Waals surface area contributed by atoms with Gasteiger partial charge in [-0.3, -0.25) is 9.59 Å². The van der Waals surface area contributed by atoms with Gasteiger partial charge in [0.25, 0.3) is 5.91 Å². The molecule has 20 heavy (non-hydrogen) atoms. The molecule has 0 spiro atoms. The Morgan fingerprint density at radius 1 is 1.40 bits per heavy atom. The van der Waals surface area contributed by atoms with Crippen molar-refractivity contribution in [3.63, 3.8) is 0 Å². The summed E-state index contributed by atoms with van der Waals surface area (Å²) in [4.78, 5) is 33.5. The van der Waals surface area contributed by atoms with E-state index in [-0.39, 0.29) is 22.9 Å². The number of carboxylic acids is 1. The Kier molecular flexibility index (Phi) is 5.63. The molecule has 0 aliphatic heterocycles.